The second-order valence-corrected chi connectivity index (χ2v) is 5.32. The van der Waals surface area contributed by atoms with Gasteiger partial charge in [0.2, 0.25) is 0 Å². The van der Waals surface area contributed by atoms with Gasteiger partial charge >= 0.3 is 0 Å². The first-order valence-corrected chi connectivity index (χ1v) is 7.43. The van der Waals surface area contributed by atoms with E-state index in [1.807, 2.05) is 6.92 Å². The first-order chi connectivity index (χ1) is 10.5. The van der Waals surface area contributed by atoms with E-state index in [4.69, 9.17) is 32.7 Å². The normalized spacial score (nSPS) is 10.6. The summed E-state index contributed by atoms with van der Waals surface area (Å²) in [6, 6.07) is 7.31. The van der Waals surface area contributed by atoms with Crippen molar-refractivity contribution < 1.29 is 19.0 Å². The van der Waals surface area contributed by atoms with Crippen LogP contribution in [0.25, 0.3) is 0 Å². The lowest BCUT2D eigenvalue weighted by Crippen LogP contribution is -2.01. The van der Waals surface area contributed by atoms with E-state index in [1.54, 1.807) is 18.2 Å². The Bertz CT molecular complexity index is 662. The highest BCUT2D eigenvalue weighted by atomic mass is 35.5. The average Bonchev–Trinajstić information content (AvgIpc) is 2.48. The van der Waals surface area contributed by atoms with Gasteiger partial charge in [0.25, 0.3) is 0 Å². The minimum absolute atomic E-state index is 0.147. The Morgan fingerprint density at radius 2 is 1.68 bits per heavy atom. The largest absolute Gasteiger partial charge is 0.490 e. The minimum Gasteiger partial charge on any atom is -0.490 e. The smallest absolute Gasteiger partial charge is 0.163 e. The molecule has 22 heavy (non-hydrogen) atoms. The van der Waals surface area contributed by atoms with Crippen molar-refractivity contribution in [2.45, 2.75) is 20.1 Å². The minimum atomic E-state index is -0.404. The van der Waals surface area contributed by atoms with E-state index < -0.39 is 5.82 Å². The van der Waals surface area contributed by atoms with Crippen molar-refractivity contribution in [3.05, 3.63) is 57.3 Å². The molecule has 0 saturated carbocycles. The highest BCUT2D eigenvalue weighted by Gasteiger charge is 2.12. The third kappa shape index (κ3) is 4.03. The monoisotopic (exact) mass is 344 g/mol. The van der Waals surface area contributed by atoms with Crippen LogP contribution in [0.3, 0.4) is 0 Å². The quantitative estimate of drug-likeness (QED) is 0.831. The molecule has 0 unspecified atom stereocenters. The molecular formula is C16H15Cl2FO3. The van der Waals surface area contributed by atoms with Gasteiger partial charge in [0.1, 0.15) is 12.4 Å². The van der Waals surface area contributed by atoms with Gasteiger partial charge in [0.05, 0.1) is 23.3 Å². The molecule has 3 nitrogen and oxygen atoms in total. The number of hydrogen-bond acceptors (Lipinski definition) is 3. The SMILES string of the molecule is CCOc1cc(CO)c(Cl)cc1OCc1ccc(F)cc1Cl. The number of benzene rings is 2. The Hall–Kier alpha value is -1.49. The first-order valence-electron chi connectivity index (χ1n) is 6.68. The standard InChI is InChI=1S/C16H15Cl2FO3/c1-2-21-15-5-11(8-20)14(18)7-16(15)22-9-10-3-4-12(19)6-13(10)17/h3-7,20H,2,8-9H2,1H3. The highest BCUT2D eigenvalue weighted by Crippen LogP contribution is 2.34. The number of rotatable bonds is 6. The molecule has 2 aromatic rings. The second-order valence-electron chi connectivity index (χ2n) is 4.51. The Balaban J connectivity index is 2.22. The summed E-state index contributed by atoms with van der Waals surface area (Å²) >= 11 is 12.0. The van der Waals surface area contributed by atoms with Gasteiger partial charge in [-0.3, -0.25) is 0 Å². The van der Waals surface area contributed by atoms with Crippen LogP contribution < -0.4 is 9.47 Å². The summed E-state index contributed by atoms with van der Waals surface area (Å²) in [5.41, 5.74) is 1.20. The Labute approximate surface area is 138 Å². The molecule has 0 amide bonds. The van der Waals surface area contributed by atoms with Gasteiger partial charge in [-0.1, -0.05) is 29.3 Å². The zero-order valence-electron chi connectivity index (χ0n) is 11.9. The molecule has 0 saturated heterocycles. The summed E-state index contributed by atoms with van der Waals surface area (Å²) in [6.07, 6.45) is 0. The van der Waals surface area contributed by atoms with Gasteiger partial charge in [0.15, 0.2) is 11.5 Å². The van der Waals surface area contributed by atoms with Crippen LogP contribution in [0.1, 0.15) is 18.1 Å². The molecule has 0 atom stereocenters. The predicted octanol–water partition coefficient (Wildman–Crippen LogP) is 4.60. The number of aliphatic hydroxyl groups excluding tert-OH is 1. The van der Waals surface area contributed by atoms with Crippen LogP contribution in [0.4, 0.5) is 4.39 Å². The van der Waals surface area contributed by atoms with Gasteiger partial charge in [-0.25, -0.2) is 4.39 Å². The molecule has 0 aliphatic rings. The van der Waals surface area contributed by atoms with Crippen molar-refractivity contribution in [3.63, 3.8) is 0 Å². The molecule has 0 bridgehead atoms. The Morgan fingerprint density at radius 3 is 2.32 bits per heavy atom. The molecule has 0 radical (unpaired) electrons. The van der Waals surface area contributed by atoms with E-state index in [0.717, 1.165) is 0 Å². The van der Waals surface area contributed by atoms with Gasteiger partial charge < -0.3 is 14.6 Å². The van der Waals surface area contributed by atoms with Crippen LogP contribution in [0, 0.1) is 5.82 Å². The van der Waals surface area contributed by atoms with Crippen LogP contribution in [0.2, 0.25) is 10.0 Å². The maximum absolute atomic E-state index is 13.0. The third-order valence-electron chi connectivity index (χ3n) is 2.98. The van der Waals surface area contributed by atoms with Crippen LogP contribution in [0.15, 0.2) is 30.3 Å². The molecule has 0 heterocycles. The number of halogens is 3. The molecule has 118 valence electrons. The molecule has 2 rings (SSSR count). The molecule has 0 aliphatic carbocycles. The lowest BCUT2D eigenvalue weighted by atomic mass is 10.2. The molecule has 0 spiro atoms. The van der Waals surface area contributed by atoms with E-state index in [2.05, 4.69) is 0 Å². The summed E-state index contributed by atoms with van der Waals surface area (Å²) in [5, 5.41) is 9.91. The van der Waals surface area contributed by atoms with Crippen molar-refractivity contribution in [3.8, 4) is 11.5 Å². The molecule has 0 aromatic heterocycles. The van der Waals surface area contributed by atoms with Gasteiger partial charge in [0, 0.05) is 11.6 Å². The summed E-state index contributed by atoms with van der Waals surface area (Å²) in [6.45, 7) is 2.24. The van der Waals surface area contributed by atoms with E-state index in [-0.39, 0.29) is 18.2 Å². The van der Waals surface area contributed by atoms with Crippen LogP contribution >= 0.6 is 23.2 Å². The molecule has 0 fully saturated rings. The summed E-state index contributed by atoms with van der Waals surface area (Å²) in [7, 11) is 0. The van der Waals surface area contributed by atoms with Crippen molar-refractivity contribution in [2.24, 2.45) is 0 Å². The third-order valence-corrected chi connectivity index (χ3v) is 3.68. The molecule has 0 aliphatic heterocycles. The number of hydrogen-bond donors (Lipinski definition) is 1. The number of aliphatic hydroxyl groups is 1. The lowest BCUT2D eigenvalue weighted by molar-refractivity contribution is 0.264. The molecule has 2 aromatic carbocycles. The van der Waals surface area contributed by atoms with E-state index >= 15 is 0 Å². The van der Waals surface area contributed by atoms with Crippen molar-refractivity contribution >= 4 is 23.2 Å². The zero-order chi connectivity index (χ0) is 16.1. The van der Waals surface area contributed by atoms with Crippen molar-refractivity contribution in [1.29, 1.82) is 0 Å². The lowest BCUT2D eigenvalue weighted by Gasteiger charge is -2.14. The topological polar surface area (TPSA) is 38.7 Å². The average molecular weight is 345 g/mol. The van der Waals surface area contributed by atoms with E-state index in [1.165, 1.54) is 12.1 Å². The predicted molar refractivity (Wildman–Crippen MR) is 84.3 cm³/mol. The summed E-state index contributed by atoms with van der Waals surface area (Å²) in [5.74, 6) is 0.512. The highest BCUT2D eigenvalue weighted by molar-refractivity contribution is 6.31. The van der Waals surface area contributed by atoms with E-state index in [9.17, 15) is 9.50 Å². The summed E-state index contributed by atoms with van der Waals surface area (Å²) < 4.78 is 24.2. The summed E-state index contributed by atoms with van der Waals surface area (Å²) in [4.78, 5) is 0. The van der Waals surface area contributed by atoms with Gasteiger partial charge in [-0.15, -0.1) is 0 Å². The fourth-order valence-electron chi connectivity index (χ4n) is 1.87. The van der Waals surface area contributed by atoms with Crippen LogP contribution in [0.5, 0.6) is 11.5 Å². The van der Waals surface area contributed by atoms with Crippen LogP contribution in [-0.4, -0.2) is 11.7 Å². The molecule has 6 heteroatoms. The number of ether oxygens (including phenoxy) is 2. The Morgan fingerprint density at radius 1 is 1.00 bits per heavy atom. The fraction of sp³-hybridized carbons (Fsp3) is 0.250. The van der Waals surface area contributed by atoms with Crippen LogP contribution in [-0.2, 0) is 13.2 Å². The molecular weight excluding hydrogens is 330 g/mol. The fourth-order valence-corrected chi connectivity index (χ4v) is 2.31. The Kier molecular flexibility index (Phi) is 5.89. The maximum Gasteiger partial charge on any atom is 0.163 e. The van der Waals surface area contributed by atoms with Crippen molar-refractivity contribution in [2.75, 3.05) is 6.61 Å². The maximum atomic E-state index is 13.0. The zero-order valence-corrected chi connectivity index (χ0v) is 13.4. The first kappa shape index (κ1) is 16.9. The van der Waals surface area contributed by atoms with E-state index in [0.29, 0.717) is 34.3 Å². The van der Waals surface area contributed by atoms with Gasteiger partial charge in [-0.05, 0) is 30.7 Å². The second kappa shape index (κ2) is 7.68. The van der Waals surface area contributed by atoms with Gasteiger partial charge in [-0.2, -0.15) is 0 Å². The molecule has 1 N–H and O–H groups in total. The van der Waals surface area contributed by atoms with Crippen molar-refractivity contribution in [1.82, 2.24) is 0 Å².